The van der Waals surface area contributed by atoms with Gasteiger partial charge in [0.05, 0.1) is 22.1 Å². The van der Waals surface area contributed by atoms with E-state index in [1.165, 1.54) is 0 Å². The van der Waals surface area contributed by atoms with E-state index in [4.69, 9.17) is 19.4 Å². The van der Waals surface area contributed by atoms with E-state index in [0.29, 0.717) is 34.4 Å². The Morgan fingerprint density at radius 1 is 0.517 bits per heavy atom. The van der Waals surface area contributed by atoms with Crippen LogP contribution in [0.1, 0.15) is 31.9 Å². The molecule has 0 N–H and O–H groups in total. The molecule has 0 amide bonds. The maximum Gasteiger partial charge on any atom is 0.159 e. The van der Waals surface area contributed by atoms with Gasteiger partial charge in [0.15, 0.2) is 5.82 Å². The van der Waals surface area contributed by atoms with E-state index in [9.17, 15) is 5.26 Å². The lowest BCUT2D eigenvalue weighted by Crippen LogP contribution is -2.12. The molecule has 0 atom stereocenters. The van der Waals surface area contributed by atoms with E-state index in [1.807, 2.05) is 109 Å². The Kier molecular flexibility index (Phi) is 8.20. The van der Waals surface area contributed by atoms with Crippen LogP contribution in [0.15, 0.2) is 158 Å². The lowest BCUT2D eigenvalue weighted by atomic mass is 9.89. The molecule has 0 saturated heterocycles. The van der Waals surface area contributed by atoms with Crippen LogP contribution in [0.4, 0.5) is 0 Å². The number of nitriles is 1. The zero-order chi connectivity index (χ0) is 39.4. The van der Waals surface area contributed by atoms with E-state index in [1.54, 1.807) is 24.5 Å². The maximum absolute atomic E-state index is 10.8. The molecule has 0 aliphatic rings. The monoisotopic (exact) mass is 753 g/mol. The molecule has 0 fully saturated rings. The van der Waals surface area contributed by atoms with Crippen LogP contribution in [-0.2, 0) is 5.41 Å². The van der Waals surface area contributed by atoms with Gasteiger partial charge < -0.3 is 9.47 Å². The molecule has 0 radical (unpaired) electrons. The first-order chi connectivity index (χ1) is 28.3. The normalized spacial score (nSPS) is 11.7. The van der Waals surface area contributed by atoms with E-state index < -0.39 is 0 Å². The number of benzene rings is 5. The summed E-state index contributed by atoms with van der Waals surface area (Å²) in [6, 6.07) is 46.1. The highest BCUT2D eigenvalue weighted by Gasteiger charge is 2.22. The molecular formula is C49H35N7O2. The topological polar surface area (TPSA) is 104 Å². The molecule has 0 unspecified atom stereocenters. The van der Waals surface area contributed by atoms with Crippen molar-refractivity contribution in [1.29, 1.82) is 5.26 Å². The van der Waals surface area contributed by atoms with Crippen molar-refractivity contribution < 1.29 is 9.47 Å². The van der Waals surface area contributed by atoms with Crippen molar-refractivity contribution in [2.45, 2.75) is 26.2 Å². The molecule has 9 nitrogen and oxygen atoms in total. The van der Waals surface area contributed by atoms with E-state index >= 15 is 0 Å². The van der Waals surface area contributed by atoms with Crippen LogP contribution in [-0.4, -0.2) is 29.1 Å². The van der Waals surface area contributed by atoms with Crippen LogP contribution in [0, 0.1) is 11.3 Å². The molecule has 0 spiro atoms. The molecule has 5 heterocycles. The summed E-state index contributed by atoms with van der Waals surface area (Å²) in [4.78, 5) is 18.9. The Balaban J connectivity index is 1.12. The summed E-state index contributed by atoms with van der Waals surface area (Å²) in [5.74, 6) is 3.75. The third-order valence-corrected chi connectivity index (χ3v) is 10.5. The average molecular weight is 754 g/mol. The van der Waals surface area contributed by atoms with E-state index in [2.05, 4.69) is 70.2 Å². The number of hydrogen-bond acceptors (Lipinski definition) is 7. The van der Waals surface area contributed by atoms with Crippen LogP contribution in [0.2, 0.25) is 0 Å². The number of para-hydroxylation sites is 2. The number of hydrogen-bond donors (Lipinski definition) is 0. The van der Waals surface area contributed by atoms with Crippen LogP contribution in [0.3, 0.4) is 0 Å². The minimum atomic E-state index is -0.126. The van der Waals surface area contributed by atoms with Crippen molar-refractivity contribution in [3.8, 4) is 52.1 Å². The molecular weight excluding hydrogens is 719 g/mol. The first-order valence-corrected chi connectivity index (χ1v) is 19.0. The minimum absolute atomic E-state index is 0.126. The molecule has 58 heavy (non-hydrogen) atoms. The molecule has 0 bridgehead atoms. The van der Waals surface area contributed by atoms with Crippen molar-refractivity contribution in [2.75, 3.05) is 0 Å². The second kappa shape index (κ2) is 13.7. The van der Waals surface area contributed by atoms with Gasteiger partial charge in [0.1, 0.15) is 46.3 Å². The highest BCUT2D eigenvalue weighted by molar-refractivity contribution is 6.10. The molecule has 0 aliphatic carbocycles. The Labute approximate surface area is 334 Å². The predicted molar refractivity (Wildman–Crippen MR) is 228 cm³/mol. The molecule has 10 aromatic rings. The molecule has 10 rings (SSSR count). The second-order valence-electron chi connectivity index (χ2n) is 15.1. The predicted octanol–water partition coefficient (Wildman–Crippen LogP) is 11.9. The van der Waals surface area contributed by atoms with Crippen molar-refractivity contribution in [2.24, 2.45) is 0 Å². The largest absolute Gasteiger partial charge is 0.456 e. The van der Waals surface area contributed by atoms with Gasteiger partial charge in [-0.1, -0.05) is 69.3 Å². The van der Waals surface area contributed by atoms with Gasteiger partial charge in [0, 0.05) is 64.0 Å². The number of pyridine rings is 2. The number of ether oxygens (including phenoxy) is 2. The molecule has 5 aromatic heterocycles. The zero-order valence-electron chi connectivity index (χ0n) is 32.0. The van der Waals surface area contributed by atoms with Crippen molar-refractivity contribution in [3.63, 3.8) is 0 Å². The standard InChI is InChI=1S/C49H35N7O2/c1-49(2,3)32-29-53-48(54-30-32)31-24-44(57-33-18-20-37-35-12-4-6-14-40(35)55(42(37)26-33)46-16-8-10-22-51-46)39(28-50)45(25-31)58-34-19-21-38-36-13-5-7-15-41(36)56(43(38)27-34)47-17-9-11-23-52-47/h4-27,29-30H,1-3H3. The highest BCUT2D eigenvalue weighted by Crippen LogP contribution is 2.42. The molecule has 9 heteroatoms. The van der Waals surface area contributed by atoms with Gasteiger partial charge in [-0.25, -0.2) is 19.9 Å². The van der Waals surface area contributed by atoms with E-state index in [0.717, 1.165) is 60.8 Å². The first-order valence-electron chi connectivity index (χ1n) is 19.0. The molecule has 278 valence electrons. The fourth-order valence-electron chi connectivity index (χ4n) is 7.60. The van der Waals surface area contributed by atoms with Gasteiger partial charge in [-0.05, 0) is 83.8 Å². The lowest BCUT2D eigenvalue weighted by molar-refractivity contribution is 0.458. The third-order valence-electron chi connectivity index (χ3n) is 10.5. The summed E-state index contributed by atoms with van der Waals surface area (Å²) in [5.41, 5.74) is 5.63. The highest BCUT2D eigenvalue weighted by atomic mass is 16.5. The second-order valence-corrected chi connectivity index (χ2v) is 15.1. The SMILES string of the molecule is CC(C)(C)c1cnc(-c2cc(Oc3ccc4c5ccccc5n(-c5ccccn5)c4c3)c(C#N)c(Oc3ccc4c5ccccc5n(-c5ccccn5)c4c3)c2)nc1. The van der Waals surface area contributed by atoms with Crippen LogP contribution in [0.5, 0.6) is 23.0 Å². The summed E-state index contributed by atoms with van der Waals surface area (Å²) < 4.78 is 17.6. The van der Waals surface area contributed by atoms with Gasteiger partial charge >= 0.3 is 0 Å². The summed E-state index contributed by atoms with van der Waals surface area (Å²) in [7, 11) is 0. The van der Waals surface area contributed by atoms with Gasteiger partial charge in [-0.15, -0.1) is 0 Å². The number of aromatic nitrogens is 6. The first kappa shape index (κ1) is 34.6. The van der Waals surface area contributed by atoms with Crippen LogP contribution < -0.4 is 9.47 Å². The fourth-order valence-corrected chi connectivity index (χ4v) is 7.60. The average Bonchev–Trinajstić information content (AvgIpc) is 3.76. The Bertz CT molecular complexity index is 3030. The Morgan fingerprint density at radius 3 is 1.43 bits per heavy atom. The summed E-state index contributed by atoms with van der Waals surface area (Å²) in [5, 5.41) is 15.1. The minimum Gasteiger partial charge on any atom is -0.456 e. The third kappa shape index (κ3) is 5.95. The Hall–Kier alpha value is -7.83. The number of rotatable bonds is 7. The van der Waals surface area contributed by atoms with Crippen LogP contribution >= 0.6 is 0 Å². The smallest absolute Gasteiger partial charge is 0.159 e. The fraction of sp³-hybridized carbons (Fsp3) is 0.0816. The van der Waals surface area contributed by atoms with Crippen molar-refractivity contribution in [1.82, 2.24) is 29.1 Å². The Morgan fingerprint density at radius 2 is 0.983 bits per heavy atom. The summed E-state index contributed by atoms with van der Waals surface area (Å²) in [6.45, 7) is 6.37. The molecule has 5 aromatic carbocycles. The molecule has 0 aliphatic heterocycles. The van der Waals surface area contributed by atoms with Gasteiger partial charge in [0.2, 0.25) is 0 Å². The van der Waals surface area contributed by atoms with Crippen molar-refractivity contribution >= 4 is 43.6 Å². The van der Waals surface area contributed by atoms with E-state index in [-0.39, 0.29) is 11.0 Å². The van der Waals surface area contributed by atoms with Gasteiger partial charge in [0.25, 0.3) is 0 Å². The van der Waals surface area contributed by atoms with Crippen molar-refractivity contribution in [3.05, 3.63) is 169 Å². The zero-order valence-corrected chi connectivity index (χ0v) is 32.0. The van der Waals surface area contributed by atoms with Crippen LogP contribution in [0.25, 0.3) is 66.6 Å². The summed E-state index contributed by atoms with van der Waals surface area (Å²) in [6.07, 6.45) is 7.26. The summed E-state index contributed by atoms with van der Waals surface area (Å²) >= 11 is 0. The van der Waals surface area contributed by atoms with Gasteiger partial charge in [-0.3, -0.25) is 9.13 Å². The lowest BCUT2D eigenvalue weighted by Gasteiger charge is -2.18. The number of fused-ring (bicyclic) bond motifs is 6. The van der Waals surface area contributed by atoms with Gasteiger partial charge in [-0.2, -0.15) is 5.26 Å². The number of nitrogens with zero attached hydrogens (tertiary/aromatic N) is 7. The quantitative estimate of drug-likeness (QED) is 0.160. The maximum atomic E-state index is 10.8. The molecule has 0 saturated carbocycles.